The lowest BCUT2D eigenvalue weighted by Gasteiger charge is -2.05. The van der Waals surface area contributed by atoms with Crippen LogP contribution in [-0.2, 0) is 0 Å². The Bertz CT molecular complexity index is 426. The molecule has 1 aromatic rings. The number of nitriles is 1. The number of halogens is 1. The van der Waals surface area contributed by atoms with Crippen LogP contribution in [0.5, 0.6) is 0 Å². The van der Waals surface area contributed by atoms with Gasteiger partial charge in [0.2, 0.25) is 0 Å². The summed E-state index contributed by atoms with van der Waals surface area (Å²) in [6.45, 7) is 0.481. The zero-order valence-corrected chi connectivity index (χ0v) is 9.42. The van der Waals surface area contributed by atoms with Gasteiger partial charge in [0.15, 0.2) is 0 Å². The molecule has 0 unspecified atom stereocenters. The highest BCUT2D eigenvalue weighted by Crippen LogP contribution is 2.19. The molecule has 1 rings (SSSR count). The molecule has 5 heteroatoms. The second-order valence-electron chi connectivity index (χ2n) is 3.25. The Kier molecular flexibility index (Phi) is 4.62. The molecule has 0 fully saturated rings. The average Bonchev–Trinajstić information content (AvgIpc) is 2.28. The van der Waals surface area contributed by atoms with Crippen LogP contribution in [0, 0.1) is 11.3 Å². The predicted octanol–water partition coefficient (Wildman–Crippen LogP) is 1.96. The molecule has 0 bridgehead atoms. The van der Waals surface area contributed by atoms with Crippen molar-refractivity contribution >= 4 is 23.2 Å². The van der Waals surface area contributed by atoms with Gasteiger partial charge in [-0.15, -0.1) is 0 Å². The first-order chi connectivity index (χ1) is 7.65. The van der Waals surface area contributed by atoms with Gasteiger partial charge in [0.25, 0.3) is 5.91 Å². The number of benzene rings is 1. The molecule has 0 atom stereocenters. The van der Waals surface area contributed by atoms with Gasteiger partial charge in [0.05, 0.1) is 16.8 Å². The van der Waals surface area contributed by atoms with Crippen LogP contribution in [0.1, 0.15) is 23.2 Å². The van der Waals surface area contributed by atoms with Gasteiger partial charge in [-0.2, -0.15) is 5.26 Å². The minimum atomic E-state index is -0.208. The second-order valence-corrected chi connectivity index (χ2v) is 3.66. The molecule has 84 valence electrons. The van der Waals surface area contributed by atoms with Gasteiger partial charge in [-0.05, 0) is 24.6 Å². The second kappa shape index (κ2) is 5.99. The van der Waals surface area contributed by atoms with Gasteiger partial charge in [-0.3, -0.25) is 4.79 Å². The Labute approximate surface area is 99.0 Å². The van der Waals surface area contributed by atoms with E-state index in [9.17, 15) is 4.79 Å². The molecule has 0 radical (unpaired) electrons. The van der Waals surface area contributed by atoms with Gasteiger partial charge < -0.3 is 11.1 Å². The normalized spacial score (nSPS) is 9.50. The number of hydrogen-bond acceptors (Lipinski definition) is 3. The predicted molar refractivity (Wildman–Crippen MR) is 63.0 cm³/mol. The van der Waals surface area contributed by atoms with Crippen LogP contribution in [0.25, 0.3) is 0 Å². The minimum absolute atomic E-state index is 0.208. The summed E-state index contributed by atoms with van der Waals surface area (Å²) in [5.74, 6) is -0.208. The lowest BCUT2D eigenvalue weighted by molar-refractivity contribution is 0.0953. The van der Waals surface area contributed by atoms with E-state index in [1.54, 1.807) is 12.1 Å². The average molecular weight is 238 g/mol. The van der Waals surface area contributed by atoms with E-state index in [0.717, 1.165) is 0 Å². The topological polar surface area (TPSA) is 78.9 Å². The van der Waals surface area contributed by atoms with Crippen molar-refractivity contribution in [1.82, 2.24) is 5.32 Å². The lowest BCUT2D eigenvalue weighted by atomic mass is 10.2. The van der Waals surface area contributed by atoms with Gasteiger partial charge in [0, 0.05) is 18.5 Å². The smallest absolute Gasteiger partial charge is 0.251 e. The number of nitrogens with one attached hydrogen (secondary N) is 1. The van der Waals surface area contributed by atoms with E-state index in [-0.39, 0.29) is 5.91 Å². The highest BCUT2D eigenvalue weighted by molar-refractivity contribution is 6.33. The fourth-order valence-corrected chi connectivity index (χ4v) is 1.32. The Hall–Kier alpha value is -1.73. The van der Waals surface area contributed by atoms with Gasteiger partial charge in [0.1, 0.15) is 0 Å². The summed E-state index contributed by atoms with van der Waals surface area (Å²) in [7, 11) is 0. The summed E-state index contributed by atoms with van der Waals surface area (Å²) >= 11 is 5.79. The zero-order chi connectivity index (χ0) is 12.0. The van der Waals surface area contributed by atoms with Crippen molar-refractivity contribution in [2.45, 2.75) is 12.8 Å². The van der Waals surface area contributed by atoms with Crippen LogP contribution >= 0.6 is 11.6 Å². The maximum Gasteiger partial charge on any atom is 0.251 e. The van der Waals surface area contributed by atoms with E-state index >= 15 is 0 Å². The summed E-state index contributed by atoms with van der Waals surface area (Å²) in [6, 6.07) is 6.73. The van der Waals surface area contributed by atoms with Crippen LogP contribution in [-0.4, -0.2) is 12.5 Å². The van der Waals surface area contributed by atoms with Gasteiger partial charge >= 0.3 is 0 Å². The molecular weight excluding hydrogens is 226 g/mol. The van der Waals surface area contributed by atoms with Crippen molar-refractivity contribution in [1.29, 1.82) is 5.26 Å². The number of carbonyl (C=O) groups excluding carboxylic acids is 1. The molecule has 0 aliphatic carbocycles. The Morgan fingerprint density at radius 1 is 1.56 bits per heavy atom. The first-order valence-electron chi connectivity index (χ1n) is 4.85. The van der Waals surface area contributed by atoms with Crippen LogP contribution in [0.15, 0.2) is 18.2 Å². The van der Waals surface area contributed by atoms with Crippen LogP contribution in [0.2, 0.25) is 5.02 Å². The summed E-state index contributed by atoms with van der Waals surface area (Å²) in [5, 5.41) is 11.4. The summed E-state index contributed by atoms with van der Waals surface area (Å²) in [6.07, 6.45) is 1.08. The van der Waals surface area contributed by atoms with E-state index in [4.69, 9.17) is 22.6 Å². The molecular formula is C11H12ClN3O. The molecule has 0 heterocycles. The maximum absolute atomic E-state index is 11.6. The molecule has 0 saturated heterocycles. The number of nitrogen functional groups attached to an aromatic ring is 1. The summed E-state index contributed by atoms with van der Waals surface area (Å²) < 4.78 is 0. The molecule has 0 aliphatic rings. The zero-order valence-electron chi connectivity index (χ0n) is 8.66. The first-order valence-corrected chi connectivity index (χ1v) is 5.23. The van der Waals surface area contributed by atoms with Crippen LogP contribution in [0.3, 0.4) is 0 Å². The number of carbonyl (C=O) groups is 1. The standard InChI is InChI=1S/C11H12ClN3O/c12-9-7-8(3-4-10(9)14)11(16)15-6-2-1-5-13/h3-4,7H,1-2,6,14H2,(H,15,16). The molecule has 1 aromatic carbocycles. The molecule has 0 saturated carbocycles. The third-order valence-electron chi connectivity index (χ3n) is 2.01. The quantitative estimate of drug-likeness (QED) is 0.621. The molecule has 16 heavy (non-hydrogen) atoms. The van der Waals surface area contributed by atoms with Crippen LogP contribution in [0.4, 0.5) is 5.69 Å². The number of nitrogens with two attached hydrogens (primary N) is 1. The maximum atomic E-state index is 11.6. The van der Waals surface area contributed by atoms with Crippen molar-refractivity contribution in [3.63, 3.8) is 0 Å². The first kappa shape index (κ1) is 12.3. The van der Waals surface area contributed by atoms with E-state index in [0.29, 0.717) is 35.7 Å². The van der Waals surface area contributed by atoms with E-state index in [2.05, 4.69) is 5.32 Å². The highest BCUT2D eigenvalue weighted by atomic mass is 35.5. The molecule has 0 aliphatic heterocycles. The summed E-state index contributed by atoms with van der Waals surface area (Å²) in [4.78, 5) is 11.6. The lowest BCUT2D eigenvalue weighted by Crippen LogP contribution is -2.24. The van der Waals surface area contributed by atoms with E-state index < -0.39 is 0 Å². The Morgan fingerprint density at radius 3 is 2.94 bits per heavy atom. The number of amides is 1. The molecule has 1 amide bonds. The third kappa shape index (κ3) is 3.44. The van der Waals surface area contributed by atoms with Crippen molar-refractivity contribution < 1.29 is 4.79 Å². The number of rotatable bonds is 4. The molecule has 3 N–H and O–H groups in total. The Morgan fingerprint density at radius 2 is 2.31 bits per heavy atom. The summed E-state index contributed by atoms with van der Waals surface area (Å²) in [5.41, 5.74) is 6.44. The highest BCUT2D eigenvalue weighted by Gasteiger charge is 2.06. The number of anilines is 1. The van der Waals surface area contributed by atoms with Gasteiger partial charge in [-0.25, -0.2) is 0 Å². The van der Waals surface area contributed by atoms with Crippen molar-refractivity contribution in [3.8, 4) is 6.07 Å². The van der Waals surface area contributed by atoms with E-state index in [1.165, 1.54) is 6.07 Å². The van der Waals surface area contributed by atoms with Crippen molar-refractivity contribution in [3.05, 3.63) is 28.8 Å². The fourth-order valence-electron chi connectivity index (χ4n) is 1.14. The third-order valence-corrected chi connectivity index (χ3v) is 2.34. The Balaban J connectivity index is 2.53. The minimum Gasteiger partial charge on any atom is -0.398 e. The number of hydrogen-bond donors (Lipinski definition) is 2. The number of unbranched alkanes of at least 4 members (excludes halogenated alkanes) is 1. The van der Waals surface area contributed by atoms with E-state index in [1.807, 2.05) is 6.07 Å². The molecule has 0 spiro atoms. The van der Waals surface area contributed by atoms with Crippen molar-refractivity contribution in [2.75, 3.05) is 12.3 Å². The number of nitrogens with zero attached hydrogens (tertiary/aromatic N) is 1. The van der Waals surface area contributed by atoms with Crippen molar-refractivity contribution in [2.24, 2.45) is 0 Å². The van der Waals surface area contributed by atoms with Crippen LogP contribution < -0.4 is 11.1 Å². The monoisotopic (exact) mass is 237 g/mol. The molecule has 4 nitrogen and oxygen atoms in total. The fraction of sp³-hybridized carbons (Fsp3) is 0.273. The largest absolute Gasteiger partial charge is 0.398 e. The molecule has 0 aromatic heterocycles. The van der Waals surface area contributed by atoms with Gasteiger partial charge in [-0.1, -0.05) is 11.6 Å². The SMILES string of the molecule is N#CCCCNC(=O)c1ccc(N)c(Cl)c1.